The van der Waals surface area contributed by atoms with Gasteiger partial charge in [0.2, 0.25) is 0 Å². The second-order valence-corrected chi connectivity index (χ2v) is 9.35. The smallest absolute Gasteiger partial charge is 0.294 e. The van der Waals surface area contributed by atoms with Gasteiger partial charge >= 0.3 is 0 Å². The molecule has 0 aromatic heterocycles. The van der Waals surface area contributed by atoms with E-state index >= 15 is 4.39 Å². The SMILES string of the molecule is COc1ccc(CN(Cc2ccc(OC)cc2OC)C2=N[C@](C)(c3cc(N)ccc3F)C=C(C)O2)c(OC)c1. The van der Waals surface area contributed by atoms with E-state index < -0.39 is 11.4 Å². The molecule has 0 amide bonds. The Hall–Kier alpha value is -4.40. The van der Waals surface area contributed by atoms with Gasteiger partial charge in [-0.25, -0.2) is 9.38 Å². The lowest BCUT2D eigenvalue weighted by atomic mass is 9.90. The van der Waals surface area contributed by atoms with Crippen molar-refractivity contribution in [2.75, 3.05) is 34.2 Å². The highest BCUT2D eigenvalue weighted by Gasteiger charge is 2.34. The van der Waals surface area contributed by atoms with Crippen molar-refractivity contribution in [1.29, 1.82) is 0 Å². The number of halogens is 1. The molecule has 1 heterocycles. The molecule has 0 fully saturated rings. The summed E-state index contributed by atoms with van der Waals surface area (Å²) in [6.45, 7) is 4.38. The summed E-state index contributed by atoms with van der Waals surface area (Å²) in [5.74, 6) is 2.82. The van der Waals surface area contributed by atoms with E-state index in [9.17, 15) is 0 Å². The zero-order valence-corrected chi connectivity index (χ0v) is 23.1. The van der Waals surface area contributed by atoms with Gasteiger partial charge in [-0.2, -0.15) is 0 Å². The third-order valence-electron chi connectivity index (χ3n) is 6.58. The van der Waals surface area contributed by atoms with Crippen molar-refractivity contribution < 1.29 is 28.1 Å². The molecule has 206 valence electrons. The summed E-state index contributed by atoms with van der Waals surface area (Å²) in [6, 6.07) is 16.0. The standard InChI is InChI=1S/C30H34FN3O5/c1-19-16-30(2,25-13-22(32)9-12-26(25)31)33-29(39-19)34(17-20-7-10-23(35-3)14-27(20)37-5)18-21-8-11-24(36-4)15-28(21)38-6/h7-16H,17-18,32H2,1-6H3/t30-/m0/s1. The number of nitrogens with two attached hydrogens (primary N) is 1. The number of amidine groups is 1. The highest BCUT2D eigenvalue weighted by atomic mass is 19.1. The quantitative estimate of drug-likeness (QED) is 0.354. The maximum absolute atomic E-state index is 15.0. The van der Waals surface area contributed by atoms with Gasteiger partial charge in [0.1, 0.15) is 40.1 Å². The first-order valence-electron chi connectivity index (χ1n) is 12.4. The zero-order chi connectivity index (χ0) is 28.2. The molecule has 39 heavy (non-hydrogen) atoms. The Morgan fingerprint density at radius 1 is 0.846 bits per heavy atom. The minimum atomic E-state index is -1.05. The van der Waals surface area contributed by atoms with Crippen molar-refractivity contribution in [2.45, 2.75) is 32.5 Å². The molecule has 0 saturated carbocycles. The van der Waals surface area contributed by atoms with Crippen LogP contribution in [0, 0.1) is 5.82 Å². The number of hydrogen-bond acceptors (Lipinski definition) is 8. The molecule has 1 aliphatic rings. The van der Waals surface area contributed by atoms with Crippen LogP contribution in [0.25, 0.3) is 0 Å². The fraction of sp³-hybridized carbons (Fsp3) is 0.300. The van der Waals surface area contributed by atoms with Crippen LogP contribution in [0.1, 0.15) is 30.5 Å². The van der Waals surface area contributed by atoms with Crippen LogP contribution in [-0.2, 0) is 23.4 Å². The number of nitrogen functional groups attached to an aromatic ring is 1. The first-order chi connectivity index (χ1) is 18.7. The first kappa shape index (κ1) is 27.6. The number of ether oxygens (including phenoxy) is 5. The number of aliphatic imine (C=N–C) groups is 1. The Kier molecular flexibility index (Phi) is 8.18. The van der Waals surface area contributed by atoms with E-state index in [0.29, 0.717) is 59.1 Å². The highest BCUT2D eigenvalue weighted by molar-refractivity contribution is 5.77. The van der Waals surface area contributed by atoms with Crippen LogP contribution in [-0.4, -0.2) is 39.4 Å². The van der Waals surface area contributed by atoms with Crippen LogP contribution >= 0.6 is 0 Å². The average Bonchev–Trinajstić information content (AvgIpc) is 2.93. The van der Waals surface area contributed by atoms with E-state index in [2.05, 4.69) is 0 Å². The third-order valence-corrected chi connectivity index (χ3v) is 6.58. The van der Waals surface area contributed by atoms with Crippen molar-refractivity contribution in [1.82, 2.24) is 4.90 Å². The predicted molar refractivity (Wildman–Crippen MR) is 149 cm³/mol. The van der Waals surface area contributed by atoms with Crippen LogP contribution in [0.3, 0.4) is 0 Å². The molecule has 0 aliphatic carbocycles. The molecule has 3 aromatic rings. The van der Waals surface area contributed by atoms with Crippen molar-refractivity contribution in [3.05, 3.63) is 88.9 Å². The minimum Gasteiger partial charge on any atom is -0.497 e. The molecule has 2 N–H and O–H groups in total. The van der Waals surface area contributed by atoms with Crippen LogP contribution < -0.4 is 24.7 Å². The lowest BCUT2D eigenvalue weighted by Crippen LogP contribution is -2.37. The largest absolute Gasteiger partial charge is 0.497 e. The maximum Gasteiger partial charge on any atom is 0.294 e. The molecule has 9 heteroatoms. The van der Waals surface area contributed by atoms with Crippen LogP contribution in [0.5, 0.6) is 23.0 Å². The second-order valence-electron chi connectivity index (χ2n) is 9.35. The number of benzene rings is 3. The van der Waals surface area contributed by atoms with E-state index in [4.69, 9.17) is 34.4 Å². The summed E-state index contributed by atoms with van der Waals surface area (Å²) in [6.07, 6.45) is 1.79. The third kappa shape index (κ3) is 6.03. The van der Waals surface area contributed by atoms with Crippen LogP contribution in [0.4, 0.5) is 10.1 Å². The Bertz CT molecular complexity index is 1350. The van der Waals surface area contributed by atoms with E-state index in [1.807, 2.05) is 55.1 Å². The van der Waals surface area contributed by atoms with Gasteiger partial charge < -0.3 is 34.3 Å². The Morgan fingerprint density at radius 3 is 1.92 bits per heavy atom. The monoisotopic (exact) mass is 535 g/mol. The van der Waals surface area contributed by atoms with E-state index in [0.717, 1.165) is 11.1 Å². The summed E-state index contributed by atoms with van der Waals surface area (Å²) in [4.78, 5) is 6.88. The van der Waals surface area contributed by atoms with Gasteiger partial charge in [-0.3, -0.25) is 0 Å². The molecule has 1 atom stereocenters. The van der Waals surface area contributed by atoms with Gasteiger partial charge in [-0.1, -0.05) is 0 Å². The van der Waals surface area contributed by atoms with Gasteiger partial charge in [-0.05, 0) is 62.4 Å². The summed E-state index contributed by atoms with van der Waals surface area (Å²) in [5.41, 5.74) is 7.51. The van der Waals surface area contributed by atoms with Crippen molar-refractivity contribution in [3.63, 3.8) is 0 Å². The molecular formula is C30H34FN3O5. The normalized spacial score (nSPS) is 16.5. The number of rotatable bonds is 9. The number of nitrogens with zero attached hydrogens (tertiary/aromatic N) is 2. The van der Waals surface area contributed by atoms with Crippen molar-refractivity contribution in [3.8, 4) is 23.0 Å². The molecule has 0 radical (unpaired) electrons. The van der Waals surface area contributed by atoms with Crippen LogP contribution in [0.2, 0.25) is 0 Å². The highest BCUT2D eigenvalue weighted by Crippen LogP contribution is 2.37. The summed E-state index contributed by atoms with van der Waals surface area (Å²) in [7, 11) is 6.42. The van der Waals surface area contributed by atoms with E-state index in [1.165, 1.54) is 12.1 Å². The number of allylic oxidation sites excluding steroid dienone is 1. The molecule has 8 nitrogen and oxygen atoms in total. The van der Waals surface area contributed by atoms with Gasteiger partial charge in [0.15, 0.2) is 0 Å². The van der Waals surface area contributed by atoms with E-state index in [1.54, 1.807) is 40.6 Å². The van der Waals surface area contributed by atoms with Gasteiger partial charge in [0.25, 0.3) is 6.02 Å². The first-order valence-corrected chi connectivity index (χ1v) is 12.4. The van der Waals surface area contributed by atoms with Crippen molar-refractivity contribution >= 4 is 11.7 Å². The molecule has 0 spiro atoms. The zero-order valence-electron chi connectivity index (χ0n) is 23.1. The predicted octanol–water partition coefficient (Wildman–Crippen LogP) is 5.65. The Labute approximate surface area is 228 Å². The molecule has 0 saturated heterocycles. The summed E-state index contributed by atoms with van der Waals surface area (Å²) < 4.78 is 43.2. The van der Waals surface area contributed by atoms with E-state index in [-0.39, 0.29) is 0 Å². The number of anilines is 1. The Balaban J connectivity index is 1.81. The van der Waals surface area contributed by atoms with Gasteiger partial charge in [0.05, 0.1) is 41.5 Å². The lowest BCUT2D eigenvalue weighted by molar-refractivity contribution is 0.253. The lowest BCUT2D eigenvalue weighted by Gasteiger charge is -2.34. The second kappa shape index (κ2) is 11.6. The molecule has 1 aliphatic heterocycles. The van der Waals surface area contributed by atoms with Gasteiger partial charge in [0, 0.05) is 34.5 Å². The fourth-order valence-corrected chi connectivity index (χ4v) is 4.59. The summed E-state index contributed by atoms with van der Waals surface area (Å²) >= 11 is 0. The minimum absolute atomic E-state index is 0.315. The Morgan fingerprint density at radius 2 is 1.41 bits per heavy atom. The molecule has 0 unspecified atom stereocenters. The molecule has 0 bridgehead atoms. The maximum atomic E-state index is 15.0. The number of hydrogen-bond donors (Lipinski definition) is 1. The van der Waals surface area contributed by atoms with Crippen LogP contribution in [0.15, 0.2) is 71.4 Å². The van der Waals surface area contributed by atoms with Crippen molar-refractivity contribution in [2.24, 2.45) is 4.99 Å². The van der Waals surface area contributed by atoms with Gasteiger partial charge in [-0.15, -0.1) is 0 Å². The summed E-state index contributed by atoms with van der Waals surface area (Å²) in [5, 5.41) is 0. The average molecular weight is 536 g/mol. The fourth-order valence-electron chi connectivity index (χ4n) is 4.59. The molecular weight excluding hydrogens is 501 g/mol. The topological polar surface area (TPSA) is 87.8 Å². The molecule has 3 aromatic carbocycles. The molecule has 4 rings (SSSR count). The number of methoxy groups -OCH3 is 4.